The average Bonchev–Trinajstić information content (AvgIpc) is 2.78. The third kappa shape index (κ3) is 29.0. The van der Waals surface area contributed by atoms with Crippen LogP contribution in [0.2, 0.25) is 0 Å². The molecule has 0 unspecified atom stereocenters. The first kappa shape index (κ1) is 30.0. The molecule has 0 N–H and O–H groups in total. The minimum Gasteiger partial charge on any atom is -0.444 e. The van der Waals surface area contributed by atoms with Crippen LogP contribution in [0.1, 0.15) is 122 Å². The molecule has 3 nitrogen and oxygen atoms in total. The summed E-state index contributed by atoms with van der Waals surface area (Å²) in [6.07, 6.45) is 35.5. The molecule has 0 rings (SSSR count). The lowest BCUT2D eigenvalue weighted by Gasteiger charge is -2.06. The molecule has 0 aliphatic rings. The van der Waals surface area contributed by atoms with E-state index in [0.29, 0.717) is 26.4 Å². The van der Waals surface area contributed by atoms with Gasteiger partial charge in [0, 0.05) is 6.61 Å². The Morgan fingerprint density at radius 1 is 0.484 bits per heavy atom. The van der Waals surface area contributed by atoms with Gasteiger partial charge in [-0.25, -0.2) is 0 Å². The van der Waals surface area contributed by atoms with E-state index in [9.17, 15) is 0 Å². The summed E-state index contributed by atoms with van der Waals surface area (Å²) in [5, 5.41) is 0. The number of terminal acetylenes is 1. The van der Waals surface area contributed by atoms with Crippen LogP contribution in [-0.2, 0) is 14.2 Å². The van der Waals surface area contributed by atoms with Crippen molar-refractivity contribution in [1.82, 2.24) is 0 Å². The first-order valence-corrected chi connectivity index (χ1v) is 13.3. The van der Waals surface area contributed by atoms with E-state index in [4.69, 9.17) is 20.6 Å². The van der Waals surface area contributed by atoms with Crippen molar-refractivity contribution in [2.75, 3.05) is 33.0 Å². The van der Waals surface area contributed by atoms with Gasteiger partial charge in [-0.3, -0.25) is 0 Å². The van der Waals surface area contributed by atoms with Crippen LogP contribution in [0.15, 0.2) is 12.7 Å². The van der Waals surface area contributed by atoms with Crippen LogP contribution in [0, 0.1) is 12.5 Å². The summed E-state index contributed by atoms with van der Waals surface area (Å²) in [7, 11) is 0. The Morgan fingerprint density at radius 2 is 0.839 bits per heavy atom. The summed E-state index contributed by atoms with van der Waals surface area (Å²) in [5.41, 5.74) is 0. The van der Waals surface area contributed by atoms with Crippen molar-refractivity contribution in [3.05, 3.63) is 12.7 Å². The molecular formula is C28H52O3. The van der Waals surface area contributed by atoms with Gasteiger partial charge >= 0.3 is 0 Å². The molecule has 0 fully saturated rings. The predicted molar refractivity (Wildman–Crippen MR) is 134 cm³/mol. The minimum absolute atomic E-state index is 0.452. The molecule has 0 saturated heterocycles. The van der Waals surface area contributed by atoms with E-state index in [0.717, 1.165) is 13.0 Å². The largest absolute Gasteiger partial charge is 0.444 e. The smallest absolute Gasteiger partial charge is 0.123 e. The fourth-order valence-electron chi connectivity index (χ4n) is 3.80. The van der Waals surface area contributed by atoms with Gasteiger partial charge in [0.25, 0.3) is 0 Å². The topological polar surface area (TPSA) is 27.7 Å². The number of hydrogen-bond acceptors (Lipinski definition) is 3. The van der Waals surface area contributed by atoms with Gasteiger partial charge in [-0.2, -0.15) is 0 Å². The molecular weight excluding hydrogens is 384 g/mol. The second kappa shape index (κ2) is 29.0. The Hall–Kier alpha value is -0.980. The number of allylic oxidation sites excluding steroid dienone is 1. The average molecular weight is 437 g/mol. The fraction of sp³-hybridized carbons (Fsp3) is 0.857. The maximum atomic E-state index is 5.57. The van der Waals surface area contributed by atoms with Gasteiger partial charge in [-0.1, -0.05) is 115 Å². The predicted octanol–water partition coefficient (Wildman–Crippen LogP) is 8.22. The Morgan fingerprint density at radius 3 is 1.26 bits per heavy atom. The summed E-state index contributed by atoms with van der Waals surface area (Å²) in [5.74, 6) is 0. The molecule has 0 aliphatic heterocycles. The molecule has 0 aromatic carbocycles. The lowest BCUT2D eigenvalue weighted by molar-refractivity contribution is 0.0318. The van der Waals surface area contributed by atoms with Gasteiger partial charge < -0.3 is 14.2 Å². The highest BCUT2D eigenvalue weighted by Gasteiger charge is 1.96. The van der Waals surface area contributed by atoms with Crippen LogP contribution in [0.25, 0.3) is 0 Å². The Kier molecular flexibility index (Phi) is 28.1. The molecule has 31 heavy (non-hydrogen) atoms. The van der Waals surface area contributed by atoms with Crippen molar-refractivity contribution in [3.8, 4) is 12.5 Å². The van der Waals surface area contributed by atoms with E-state index < -0.39 is 0 Å². The van der Waals surface area contributed by atoms with E-state index in [2.05, 4.69) is 12.7 Å². The number of rotatable bonds is 27. The summed E-state index contributed by atoms with van der Waals surface area (Å²) >= 11 is 0. The van der Waals surface area contributed by atoms with Crippen molar-refractivity contribution in [1.29, 1.82) is 0 Å². The van der Waals surface area contributed by atoms with Crippen LogP contribution in [0.3, 0.4) is 0 Å². The van der Waals surface area contributed by atoms with E-state index in [1.807, 2.05) is 6.08 Å². The molecule has 0 aromatic rings. The zero-order valence-corrected chi connectivity index (χ0v) is 20.6. The van der Waals surface area contributed by atoms with Crippen LogP contribution in [0.4, 0.5) is 0 Å². The Bertz CT molecular complexity index is 375. The van der Waals surface area contributed by atoms with Gasteiger partial charge in [0.15, 0.2) is 0 Å². The van der Waals surface area contributed by atoms with Gasteiger partial charge in [0.05, 0.1) is 19.8 Å². The van der Waals surface area contributed by atoms with E-state index in [1.54, 1.807) is 0 Å². The monoisotopic (exact) mass is 436 g/mol. The van der Waals surface area contributed by atoms with Gasteiger partial charge in [0.1, 0.15) is 12.7 Å². The molecule has 0 radical (unpaired) electrons. The standard InChI is InChI=1S/C28H52O3/c1-3-5-6-7-8-9-10-11-12-13-14-15-16-17-18-19-20-21-22-23-24-30-27-28-31-26-25-29-4-2/h2-3H,1,5-28H2. The van der Waals surface area contributed by atoms with Crippen LogP contribution in [-0.4, -0.2) is 33.0 Å². The molecule has 0 aromatic heterocycles. The van der Waals surface area contributed by atoms with Crippen molar-refractivity contribution in [3.63, 3.8) is 0 Å². The SMILES string of the molecule is C#COCCOCCOCCCCCCCCCCCCCCCCCCCCC=C. The molecule has 3 heteroatoms. The molecule has 0 aliphatic carbocycles. The zero-order valence-electron chi connectivity index (χ0n) is 20.6. The second-order valence-corrected chi connectivity index (χ2v) is 8.63. The molecule has 0 atom stereocenters. The highest BCUT2D eigenvalue weighted by molar-refractivity contribution is 4.67. The number of unbranched alkanes of at least 4 members (excludes halogenated alkanes) is 18. The highest BCUT2D eigenvalue weighted by Crippen LogP contribution is 2.14. The van der Waals surface area contributed by atoms with E-state index in [-0.39, 0.29) is 0 Å². The molecule has 182 valence electrons. The minimum atomic E-state index is 0.452. The maximum Gasteiger partial charge on any atom is 0.123 e. The van der Waals surface area contributed by atoms with Crippen molar-refractivity contribution >= 4 is 0 Å². The molecule has 0 amide bonds. The quantitative estimate of drug-likeness (QED) is 0.0737. The third-order valence-electron chi connectivity index (χ3n) is 5.73. The highest BCUT2D eigenvalue weighted by atomic mass is 16.5. The van der Waals surface area contributed by atoms with Crippen LogP contribution in [0.5, 0.6) is 0 Å². The third-order valence-corrected chi connectivity index (χ3v) is 5.73. The van der Waals surface area contributed by atoms with Gasteiger partial charge in [-0.05, 0) is 19.3 Å². The van der Waals surface area contributed by atoms with Crippen LogP contribution >= 0.6 is 0 Å². The second-order valence-electron chi connectivity index (χ2n) is 8.63. The lowest BCUT2D eigenvalue weighted by Crippen LogP contribution is -2.08. The van der Waals surface area contributed by atoms with Crippen molar-refractivity contribution in [2.24, 2.45) is 0 Å². The fourth-order valence-corrected chi connectivity index (χ4v) is 3.80. The van der Waals surface area contributed by atoms with Crippen molar-refractivity contribution < 1.29 is 14.2 Å². The maximum absolute atomic E-state index is 5.57. The number of ether oxygens (including phenoxy) is 3. The van der Waals surface area contributed by atoms with E-state index in [1.165, 1.54) is 116 Å². The summed E-state index contributed by atoms with van der Waals surface area (Å²) < 4.78 is 15.7. The zero-order chi connectivity index (χ0) is 22.5. The summed E-state index contributed by atoms with van der Waals surface area (Å²) in [6, 6.07) is 0. The van der Waals surface area contributed by atoms with Gasteiger partial charge in [-0.15, -0.1) is 6.58 Å². The first-order chi connectivity index (χ1) is 15.4. The molecule has 0 spiro atoms. The Labute approximate surface area is 194 Å². The molecule has 0 heterocycles. The van der Waals surface area contributed by atoms with E-state index >= 15 is 0 Å². The normalized spacial score (nSPS) is 10.8. The van der Waals surface area contributed by atoms with Crippen molar-refractivity contribution in [2.45, 2.75) is 122 Å². The molecule has 0 saturated carbocycles. The number of hydrogen-bond donors (Lipinski definition) is 0. The Balaban J connectivity index is 2.99. The van der Waals surface area contributed by atoms with Crippen LogP contribution < -0.4 is 0 Å². The first-order valence-electron chi connectivity index (χ1n) is 13.3. The van der Waals surface area contributed by atoms with Gasteiger partial charge in [0.2, 0.25) is 0 Å². The molecule has 0 bridgehead atoms. The summed E-state index contributed by atoms with van der Waals surface area (Å²) in [6.45, 7) is 6.89. The summed E-state index contributed by atoms with van der Waals surface area (Å²) in [4.78, 5) is 0. The lowest BCUT2D eigenvalue weighted by atomic mass is 10.0.